The molecule has 0 radical (unpaired) electrons. The van der Waals surface area contributed by atoms with Gasteiger partial charge in [-0.15, -0.1) is 0 Å². The first kappa shape index (κ1) is 20.3. The van der Waals surface area contributed by atoms with E-state index in [4.69, 9.17) is 0 Å². The molecule has 0 aromatic heterocycles. The highest BCUT2D eigenvalue weighted by molar-refractivity contribution is 7.89. The molecule has 0 amide bonds. The van der Waals surface area contributed by atoms with Crippen LogP contribution in [-0.4, -0.2) is 25.8 Å². The van der Waals surface area contributed by atoms with Gasteiger partial charge in [-0.1, -0.05) is 84.9 Å². The fourth-order valence-electron chi connectivity index (χ4n) is 2.97. The molecule has 0 unspecified atom stereocenters. The molecule has 2 N–H and O–H groups in total. The molecule has 3 aromatic carbocycles. The first-order chi connectivity index (χ1) is 13.4. The molecule has 4 nitrogen and oxygen atoms in total. The van der Waals surface area contributed by atoms with Crippen LogP contribution in [0.1, 0.15) is 18.1 Å². The molecule has 3 aromatic rings. The number of nitrogens with one attached hydrogen (secondary N) is 1. The van der Waals surface area contributed by atoms with Crippen molar-refractivity contribution in [1.29, 1.82) is 0 Å². The fraction of sp³-hybridized carbons (Fsp3) is 0.217. The molecule has 28 heavy (non-hydrogen) atoms. The predicted molar refractivity (Wildman–Crippen MR) is 113 cm³/mol. The zero-order chi connectivity index (χ0) is 20.0. The van der Waals surface area contributed by atoms with Crippen molar-refractivity contribution in [3.8, 4) is 11.1 Å². The van der Waals surface area contributed by atoms with Crippen molar-refractivity contribution in [1.82, 2.24) is 4.72 Å². The van der Waals surface area contributed by atoms with Crippen molar-refractivity contribution in [2.24, 2.45) is 0 Å². The zero-order valence-electron chi connectivity index (χ0n) is 15.9. The summed E-state index contributed by atoms with van der Waals surface area (Å²) in [6.45, 7) is 1.54. The fourth-order valence-corrected chi connectivity index (χ4v) is 4.12. The Bertz CT molecular complexity index is 983. The monoisotopic (exact) mass is 395 g/mol. The molecule has 0 aliphatic heterocycles. The van der Waals surface area contributed by atoms with Crippen LogP contribution in [0.15, 0.2) is 84.9 Å². The smallest absolute Gasteiger partial charge is 0.212 e. The Labute approximate surface area is 166 Å². The van der Waals surface area contributed by atoms with Gasteiger partial charge in [-0.05, 0) is 35.6 Å². The number of benzene rings is 3. The SMILES string of the molecule is C[C@@](O)(CNS(=O)(=O)CCc1ccccc1)c1ccc(-c2ccccc2)cc1. The highest BCUT2D eigenvalue weighted by Gasteiger charge is 2.25. The van der Waals surface area contributed by atoms with Crippen LogP contribution >= 0.6 is 0 Å². The third-order valence-corrected chi connectivity index (χ3v) is 6.08. The topological polar surface area (TPSA) is 66.4 Å². The van der Waals surface area contributed by atoms with Crippen LogP contribution < -0.4 is 4.72 Å². The van der Waals surface area contributed by atoms with Crippen LogP contribution in [0, 0.1) is 0 Å². The summed E-state index contributed by atoms with van der Waals surface area (Å²) in [5.41, 5.74) is 2.47. The molecular weight excluding hydrogens is 370 g/mol. The van der Waals surface area contributed by atoms with Crippen molar-refractivity contribution in [2.45, 2.75) is 18.9 Å². The van der Waals surface area contributed by atoms with E-state index in [9.17, 15) is 13.5 Å². The molecule has 0 aliphatic rings. The van der Waals surface area contributed by atoms with Gasteiger partial charge in [0.2, 0.25) is 10.0 Å². The second kappa shape index (κ2) is 8.69. The average Bonchev–Trinajstić information content (AvgIpc) is 2.73. The second-order valence-corrected chi connectivity index (χ2v) is 9.02. The summed E-state index contributed by atoms with van der Waals surface area (Å²) in [5, 5.41) is 10.8. The first-order valence-electron chi connectivity index (χ1n) is 9.25. The molecule has 3 rings (SSSR count). The number of rotatable bonds is 8. The second-order valence-electron chi connectivity index (χ2n) is 7.09. The van der Waals surface area contributed by atoms with Crippen molar-refractivity contribution in [3.63, 3.8) is 0 Å². The van der Waals surface area contributed by atoms with Crippen LogP contribution in [0.25, 0.3) is 11.1 Å². The van der Waals surface area contributed by atoms with E-state index in [1.807, 2.05) is 84.9 Å². The highest BCUT2D eigenvalue weighted by atomic mass is 32.2. The van der Waals surface area contributed by atoms with Gasteiger partial charge in [0.25, 0.3) is 0 Å². The third-order valence-electron chi connectivity index (χ3n) is 4.75. The van der Waals surface area contributed by atoms with Gasteiger partial charge < -0.3 is 5.11 Å². The average molecular weight is 396 g/mol. The van der Waals surface area contributed by atoms with Crippen LogP contribution in [0.5, 0.6) is 0 Å². The van der Waals surface area contributed by atoms with Crippen molar-refractivity contribution in [2.75, 3.05) is 12.3 Å². The highest BCUT2D eigenvalue weighted by Crippen LogP contribution is 2.25. The minimum Gasteiger partial charge on any atom is -0.384 e. The molecule has 5 heteroatoms. The molecule has 0 aliphatic carbocycles. The molecule has 0 saturated heterocycles. The van der Waals surface area contributed by atoms with Gasteiger partial charge in [-0.25, -0.2) is 13.1 Å². The summed E-state index contributed by atoms with van der Waals surface area (Å²) in [5.74, 6) is -0.0139. The quantitative estimate of drug-likeness (QED) is 0.611. The van der Waals surface area contributed by atoms with Crippen LogP contribution in [0.2, 0.25) is 0 Å². The lowest BCUT2D eigenvalue weighted by Crippen LogP contribution is -2.39. The Balaban J connectivity index is 1.61. The largest absolute Gasteiger partial charge is 0.384 e. The zero-order valence-corrected chi connectivity index (χ0v) is 16.7. The standard InChI is InChI=1S/C23H25NO3S/c1-23(25,18-24-28(26,27)17-16-19-8-4-2-5-9-19)22-14-12-21(13-15-22)20-10-6-3-7-11-20/h2-15,24-25H,16-18H2,1H3/t23-/m1/s1. The van der Waals surface area contributed by atoms with E-state index < -0.39 is 15.6 Å². The van der Waals surface area contributed by atoms with Crippen molar-refractivity contribution >= 4 is 10.0 Å². The van der Waals surface area contributed by atoms with E-state index in [1.165, 1.54) is 0 Å². The summed E-state index contributed by atoms with van der Waals surface area (Å²) >= 11 is 0. The summed E-state index contributed by atoms with van der Waals surface area (Å²) in [6.07, 6.45) is 0.435. The van der Waals surface area contributed by atoms with Crippen LogP contribution in [0.3, 0.4) is 0 Å². The maximum atomic E-state index is 12.3. The molecule has 146 valence electrons. The lowest BCUT2D eigenvalue weighted by atomic mass is 9.94. The van der Waals surface area contributed by atoms with Crippen LogP contribution in [0.4, 0.5) is 0 Å². The van der Waals surface area contributed by atoms with E-state index in [1.54, 1.807) is 6.92 Å². The van der Waals surface area contributed by atoms with E-state index in [-0.39, 0.29) is 12.3 Å². The maximum absolute atomic E-state index is 12.3. The summed E-state index contributed by atoms with van der Waals surface area (Å²) in [7, 11) is -3.48. The number of hydrogen-bond donors (Lipinski definition) is 2. The summed E-state index contributed by atoms with van der Waals surface area (Å²) < 4.78 is 27.1. The predicted octanol–water partition coefficient (Wildman–Crippen LogP) is 3.72. The third kappa shape index (κ3) is 5.52. The Kier molecular flexibility index (Phi) is 6.29. The van der Waals surface area contributed by atoms with Gasteiger partial charge in [0, 0.05) is 6.54 Å². The number of aryl methyl sites for hydroxylation is 1. The lowest BCUT2D eigenvalue weighted by Gasteiger charge is -2.24. The van der Waals surface area contributed by atoms with Gasteiger partial charge >= 0.3 is 0 Å². The summed E-state index contributed by atoms with van der Waals surface area (Å²) in [6, 6.07) is 27.0. The van der Waals surface area contributed by atoms with Crippen molar-refractivity contribution in [3.05, 3.63) is 96.1 Å². The van der Waals surface area contributed by atoms with Gasteiger partial charge in [0.15, 0.2) is 0 Å². The molecule has 0 saturated carbocycles. The van der Waals surface area contributed by atoms with Crippen molar-refractivity contribution < 1.29 is 13.5 Å². The molecular formula is C23H25NO3S. The summed E-state index contributed by atoms with van der Waals surface area (Å²) in [4.78, 5) is 0. The van der Waals surface area contributed by atoms with E-state index >= 15 is 0 Å². The maximum Gasteiger partial charge on any atom is 0.212 e. The number of hydrogen-bond acceptors (Lipinski definition) is 3. The molecule has 0 spiro atoms. The van der Waals surface area contributed by atoms with Gasteiger partial charge in [0.05, 0.1) is 5.75 Å². The first-order valence-corrected chi connectivity index (χ1v) is 10.9. The van der Waals surface area contributed by atoms with E-state index in [2.05, 4.69) is 4.72 Å². The lowest BCUT2D eigenvalue weighted by molar-refractivity contribution is 0.0628. The molecule has 0 bridgehead atoms. The Hall–Kier alpha value is -2.47. The number of sulfonamides is 1. The Morgan fingerprint density at radius 3 is 1.96 bits per heavy atom. The van der Waals surface area contributed by atoms with E-state index in [0.29, 0.717) is 12.0 Å². The molecule has 0 fully saturated rings. The van der Waals surface area contributed by atoms with E-state index in [0.717, 1.165) is 16.7 Å². The Morgan fingerprint density at radius 1 is 0.821 bits per heavy atom. The van der Waals surface area contributed by atoms with Crippen LogP contribution in [-0.2, 0) is 22.0 Å². The van der Waals surface area contributed by atoms with Gasteiger partial charge in [-0.3, -0.25) is 0 Å². The van der Waals surface area contributed by atoms with Gasteiger partial charge in [-0.2, -0.15) is 0 Å². The minimum atomic E-state index is -3.48. The van der Waals surface area contributed by atoms with Gasteiger partial charge in [0.1, 0.15) is 5.60 Å². The molecule has 1 atom stereocenters. The molecule has 0 heterocycles. The number of aliphatic hydroxyl groups is 1. The normalized spacial score (nSPS) is 13.8. The minimum absolute atomic E-state index is 0.0139. The Morgan fingerprint density at radius 2 is 1.36 bits per heavy atom.